The normalized spacial score (nSPS) is 17.5. The van der Waals surface area contributed by atoms with Gasteiger partial charge in [0.2, 0.25) is 17.8 Å². The summed E-state index contributed by atoms with van der Waals surface area (Å²) in [5, 5.41) is 66.0. The van der Waals surface area contributed by atoms with E-state index in [9.17, 15) is 63.9 Å². The minimum atomic E-state index is -1.48. The van der Waals surface area contributed by atoms with Crippen LogP contribution in [-0.2, 0) is 46.4 Å². The summed E-state index contributed by atoms with van der Waals surface area (Å²) in [5.41, 5.74) is 1.94. The van der Waals surface area contributed by atoms with Crippen molar-refractivity contribution in [3.05, 3.63) is 41.2 Å². The SMILES string of the molecule is CCCN(CC(=O)O)C1([N+](CCC)(CCC)CC(=O)O)N(C)CC(Cc2ccc(Cc3nc(N(C)C)nc(N4CCN(CCCCCCCCCCC(=O)NCCCC[C@H](NC(=O)N[C@@H](CCC(=O)O)C(=O)O)C(=O)O)CC4)n3)cc2)N1CC(=O)O. The number of aliphatic carboxylic acids is 6. The number of nitrogens with zero attached hydrogens (tertiary/aromatic N) is 10. The molecule has 3 amide bonds. The van der Waals surface area contributed by atoms with Crippen LogP contribution in [0.5, 0.6) is 0 Å². The molecule has 482 valence electrons. The molecule has 2 fully saturated rings. The van der Waals surface area contributed by atoms with Gasteiger partial charge in [-0.05, 0) is 88.9 Å². The van der Waals surface area contributed by atoms with Gasteiger partial charge in [0.15, 0.2) is 6.54 Å². The first-order valence-corrected chi connectivity index (χ1v) is 30.7. The maximum absolute atomic E-state index is 12.9. The van der Waals surface area contributed by atoms with Gasteiger partial charge in [0.25, 0.3) is 5.91 Å². The number of likely N-dealkylation sites (N-methyl/N-ethyl adjacent to an activating group) is 1. The van der Waals surface area contributed by atoms with E-state index in [1.807, 2.05) is 85.8 Å². The van der Waals surface area contributed by atoms with Crippen LogP contribution in [0.3, 0.4) is 0 Å². The second-order valence-electron chi connectivity index (χ2n) is 23.1. The number of nitrogens with one attached hydrogen (secondary N) is 3. The molecule has 1 aromatic heterocycles. The first-order chi connectivity index (χ1) is 41.0. The number of quaternary nitrogens is 1. The lowest BCUT2D eigenvalue weighted by atomic mass is 10.0. The van der Waals surface area contributed by atoms with E-state index in [2.05, 4.69) is 25.8 Å². The molecule has 2 unspecified atom stereocenters. The van der Waals surface area contributed by atoms with Gasteiger partial charge in [-0.2, -0.15) is 15.0 Å². The predicted molar refractivity (Wildman–Crippen MR) is 322 cm³/mol. The molecule has 0 spiro atoms. The van der Waals surface area contributed by atoms with Crippen molar-refractivity contribution in [1.82, 2.24) is 50.5 Å². The van der Waals surface area contributed by atoms with Crippen molar-refractivity contribution in [1.29, 1.82) is 0 Å². The molecule has 0 radical (unpaired) electrons. The number of urea groups is 1. The van der Waals surface area contributed by atoms with E-state index in [4.69, 9.17) is 20.1 Å². The molecule has 4 rings (SSSR count). The molecule has 0 bridgehead atoms. The number of carbonyl (C=O) groups excluding carboxylic acids is 2. The second kappa shape index (κ2) is 36.4. The lowest BCUT2D eigenvalue weighted by Gasteiger charge is -2.60. The van der Waals surface area contributed by atoms with E-state index in [0.717, 1.165) is 95.2 Å². The molecule has 2 aliphatic rings. The number of hydrogen-bond acceptors (Lipinski definition) is 17. The van der Waals surface area contributed by atoms with Gasteiger partial charge in [0, 0.05) is 85.2 Å². The Hall–Kier alpha value is -6.81. The molecular formula is C59H98N13O14+. The molecule has 27 heteroatoms. The Morgan fingerprint density at radius 3 is 1.81 bits per heavy atom. The summed E-state index contributed by atoms with van der Waals surface area (Å²) in [7, 11) is 5.69. The second-order valence-corrected chi connectivity index (χ2v) is 23.1. The average Bonchev–Trinajstić information content (AvgIpc) is 1.46. The van der Waals surface area contributed by atoms with Crippen LogP contribution in [0.25, 0.3) is 0 Å². The minimum Gasteiger partial charge on any atom is -0.481 e. The van der Waals surface area contributed by atoms with Crippen molar-refractivity contribution < 1.29 is 73.5 Å². The highest BCUT2D eigenvalue weighted by molar-refractivity contribution is 5.86. The molecular weight excluding hydrogens is 1110 g/mol. The number of anilines is 2. The molecule has 1 aromatic carbocycles. The van der Waals surface area contributed by atoms with E-state index < -0.39 is 72.8 Å². The van der Waals surface area contributed by atoms with Crippen LogP contribution in [0.1, 0.15) is 147 Å². The fraction of sp³-hybridized carbons (Fsp3) is 0.712. The van der Waals surface area contributed by atoms with E-state index in [1.54, 1.807) is 0 Å². The van der Waals surface area contributed by atoms with Crippen molar-refractivity contribution in [3.8, 4) is 0 Å². The van der Waals surface area contributed by atoms with Crippen LogP contribution in [0.4, 0.5) is 16.7 Å². The summed E-state index contributed by atoms with van der Waals surface area (Å²) < 4.78 is -0.0330. The lowest BCUT2D eigenvalue weighted by Crippen LogP contribution is -2.83. The standard InChI is InChI=1S/C59H97N13O14/c1-7-29-70(40-51(76)77)59(72(35-8-2,36-9-3)42-53(80)81)67(6)39-45(71(59)41-52(78)79)37-43-22-24-44(25-23-43)38-48-63-56(66(4)5)65-57(64-48)69-33-31-68(32-34-69)30-19-15-13-11-10-12-14-16-21-49(73)60-28-18-17-20-46(54(82)83)61-58(86)62-47(55(84)85)26-27-50(74)75/h22-25,45-47H,7-21,26-42H2,1-6H3,(H8-,60,61,62,73,74,75,76,77,78,79,80,81,82,83,84,85,86)/p+1/t45?,46-,47-,59?/m0/s1. The number of aromatic nitrogens is 3. The third-order valence-corrected chi connectivity index (χ3v) is 16.0. The molecule has 27 nitrogen and oxygen atoms in total. The predicted octanol–water partition coefficient (Wildman–Crippen LogP) is 3.89. The van der Waals surface area contributed by atoms with E-state index in [1.165, 1.54) is 0 Å². The van der Waals surface area contributed by atoms with Gasteiger partial charge in [0.1, 0.15) is 31.0 Å². The van der Waals surface area contributed by atoms with Crippen LogP contribution in [0, 0.1) is 0 Å². The minimum absolute atomic E-state index is 0.0330. The number of carboxylic acids is 6. The first kappa shape index (κ1) is 71.7. The number of carbonyl (C=O) groups is 8. The van der Waals surface area contributed by atoms with Gasteiger partial charge in [-0.15, -0.1) is 0 Å². The van der Waals surface area contributed by atoms with Gasteiger partial charge in [0.05, 0.1) is 13.1 Å². The summed E-state index contributed by atoms with van der Waals surface area (Å²) in [5.74, 6) is -6.74. The molecule has 9 N–H and O–H groups in total. The summed E-state index contributed by atoms with van der Waals surface area (Å²) in [6.07, 6.45) is 11.6. The average molecular weight is 1210 g/mol. The smallest absolute Gasteiger partial charge is 0.359 e. The van der Waals surface area contributed by atoms with Crippen LogP contribution < -0.4 is 25.8 Å². The fourth-order valence-electron chi connectivity index (χ4n) is 12.3. The highest BCUT2D eigenvalue weighted by atomic mass is 16.4. The number of carboxylic acid groups (broad SMARTS) is 6. The van der Waals surface area contributed by atoms with Gasteiger partial charge >= 0.3 is 41.8 Å². The Kier molecular flexibility index (Phi) is 30.3. The highest BCUT2D eigenvalue weighted by Crippen LogP contribution is 2.43. The van der Waals surface area contributed by atoms with Gasteiger partial charge in [-0.25, -0.2) is 33.9 Å². The Bertz CT molecular complexity index is 2500. The van der Waals surface area contributed by atoms with Crippen LogP contribution >= 0.6 is 0 Å². The van der Waals surface area contributed by atoms with Crippen molar-refractivity contribution in [2.75, 3.05) is 116 Å². The third kappa shape index (κ3) is 22.2. The summed E-state index contributed by atoms with van der Waals surface area (Å²) in [6.45, 7) is 11.0. The number of benzene rings is 1. The van der Waals surface area contributed by atoms with Crippen LogP contribution in [0.15, 0.2) is 24.3 Å². The van der Waals surface area contributed by atoms with Crippen molar-refractivity contribution in [2.24, 2.45) is 0 Å². The number of piperazine rings is 1. The van der Waals surface area contributed by atoms with Gasteiger partial charge < -0.3 is 56.4 Å². The van der Waals surface area contributed by atoms with Crippen LogP contribution in [0.2, 0.25) is 0 Å². The summed E-state index contributed by atoms with van der Waals surface area (Å²) >= 11 is 0. The Morgan fingerprint density at radius 1 is 0.674 bits per heavy atom. The zero-order chi connectivity index (χ0) is 63.4. The molecule has 2 aromatic rings. The third-order valence-electron chi connectivity index (χ3n) is 16.0. The number of unbranched alkanes of at least 4 members (excludes halogenated alkanes) is 8. The number of rotatable bonds is 43. The topological polar surface area (TPSA) is 352 Å². The monoisotopic (exact) mass is 1210 g/mol. The Balaban J connectivity index is 1.21. The molecule has 2 saturated heterocycles. The quantitative estimate of drug-likeness (QED) is 0.0258. The zero-order valence-corrected chi connectivity index (χ0v) is 51.6. The number of hydrogen-bond donors (Lipinski definition) is 9. The summed E-state index contributed by atoms with van der Waals surface area (Å²) in [6, 6.07) is 3.95. The maximum atomic E-state index is 12.9. The summed E-state index contributed by atoms with van der Waals surface area (Å²) in [4.78, 5) is 124. The molecule has 3 heterocycles. The molecule has 0 aliphatic carbocycles. The van der Waals surface area contributed by atoms with Gasteiger partial charge in [-0.1, -0.05) is 83.6 Å². The maximum Gasteiger partial charge on any atom is 0.359 e. The zero-order valence-electron chi connectivity index (χ0n) is 51.6. The van der Waals surface area contributed by atoms with E-state index in [0.29, 0.717) is 102 Å². The number of amides is 3. The highest BCUT2D eigenvalue weighted by Gasteiger charge is 2.67. The van der Waals surface area contributed by atoms with Crippen molar-refractivity contribution in [3.63, 3.8) is 0 Å². The van der Waals surface area contributed by atoms with Crippen LogP contribution in [-0.4, -0.2) is 248 Å². The molecule has 86 heavy (non-hydrogen) atoms. The Morgan fingerprint density at radius 2 is 1.27 bits per heavy atom. The fourth-order valence-corrected chi connectivity index (χ4v) is 12.3. The van der Waals surface area contributed by atoms with Crippen molar-refractivity contribution in [2.45, 2.75) is 167 Å². The molecule has 4 atom stereocenters. The molecule has 2 aliphatic heterocycles. The van der Waals surface area contributed by atoms with Crippen molar-refractivity contribution >= 4 is 59.7 Å². The molecule has 0 saturated carbocycles. The van der Waals surface area contributed by atoms with Gasteiger partial charge in [-0.3, -0.25) is 28.6 Å². The first-order valence-electron chi connectivity index (χ1n) is 30.7. The largest absolute Gasteiger partial charge is 0.481 e. The Labute approximate surface area is 506 Å². The van der Waals surface area contributed by atoms with E-state index in [-0.39, 0.29) is 42.4 Å². The lowest BCUT2D eigenvalue weighted by molar-refractivity contribution is -1.01. The van der Waals surface area contributed by atoms with E-state index >= 15 is 0 Å².